The summed E-state index contributed by atoms with van der Waals surface area (Å²) in [5.41, 5.74) is 0. The molecule has 164 valence electrons. The highest BCUT2D eigenvalue weighted by Crippen LogP contribution is 2.46. The number of ether oxygens (including phenoxy) is 1. The van der Waals surface area contributed by atoms with Crippen LogP contribution in [0.2, 0.25) is 0 Å². The number of hydrogen-bond donors (Lipinski definition) is 2. The van der Waals surface area contributed by atoms with E-state index in [1.165, 1.54) is 19.3 Å². The van der Waals surface area contributed by atoms with E-state index in [1.807, 2.05) is 6.92 Å². The van der Waals surface area contributed by atoms with Gasteiger partial charge in [-0.25, -0.2) is 8.78 Å². The van der Waals surface area contributed by atoms with Crippen molar-refractivity contribution in [3.8, 4) is 0 Å². The van der Waals surface area contributed by atoms with Crippen molar-refractivity contribution in [3.63, 3.8) is 0 Å². The molecule has 1 saturated heterocycles. The second-order valence-electron chi connectivity index (χ2n) is 8.05. The summed E-state index contributed by atoms with van der Waals surface area (Å²) >= 11 is 0. The van der Waals surface area contributed by atoms with Gasteiger partial charge in [0.2, 0.25) is 5.79 Å². The van der Waals surface area contributed by atoms with Crippen LogP contribution in [0.15, 0.2) is 0 Å². The number of carbonyl (C=O) groups is 2. The van der Waals surface area contributed by atoms with Gasteiger partial charge in [-0.05, 0) is 25.2 Å². The number of Topliss-reactive ketones (excluding diaryl/α,β-unsaturated/α-hetero) is 1. The Kier molecular flexibility index (Phi) is 10.5. The minimum absolute atomic E-state index is 0.0137. The van der Waals surface area contributed by atoms with Crippen LogP contribution in [0.25, 0.3) is 0 Å². The zero-order chi connectivity index (χ0) is 21.2. The van der Waals surface area contributed by atoms with Crippen molar-refractivity contribution < 1.29 is 33.3 Å². The van der Waals surface area contributed by atoms with Crippen LogP contribution in [-0.2, 0) is 14.3 Å². The van der Waals surface area contributed by atoms with E-state index in [1.54, 1.807) is 0 Å². The Morgan fingerprint density at radius 3 is 2.39 bits per heavy atom. The number of hydrogen-bond acceptors (Lipinski definition) is 4. The first-order chi connectivity index (χ1) is 13.1. The Hall–Kier alpha value is -1.08. The van der Waals surface area contributed by atoms with Crippen LogP contribution in [-0.4, -0.2) is 39.8 Å². The average Bonchev–Trinajstić information content (AvgIpc) is 2.99. The van der Waals surface area contributed by atoms with Crippen LogP contribution in [0.3, 0.4) is 0 Å². The highest BCUT2D eigenvalue weighted by molar-refractivity contribution is 5.81. The highest BCUT2D eigenvalue weighted by Gasteiger charge is 2.58. The van der Waals surface area contributed by atoms with Crippen LogP contribution in [0.1, 0.15) is 97.3 Å². The Balaban J connectivity index is 0.000000336. The van der Waals surface area contributed by atoms with Gasteiger partial charge in [-0.1, -0.05) is 46.0 Å². The van der Waals surface area contributed by atoms with E-state index in [-0.39, 0.29) is 31.0 Å². The van der Waals surface area contributed by atoms with Gasteiger partial charge in [-0.15, -0.1) is 0 Å². The molecule has 7 heteroatoms. The van der Waals surface area contributed by atoms with Crippen molar-refractivity contribution in [1.29, 1.82) is 0 Å². The van der Waals surface area contributed by atoms with Crippen molar-refractivity contribution in [1.82, 2.24) is 0 Å². The monoisotopic (exact) mass is 406 g/mol. The maximum atomic E-state index is 14.0. The smallest absolute Gasteiger partial charge is 0.303 e. The number of fused-ring (bicyclic) bond motifs is 1. The topological polar surface area (TPSA) is 83.8 Å². The van der Waals surface area contributed by atoms with Crippen molar-refractivity contribution in [3.05, 3.63) is 0 Å². The molecule has 2 rings (SSSR count). The van der Waals surface area contributed by atoms with E-state index < -0.39 is 23.8 Å². The third-order valence-electron chi connectivity index (χ3n) is 5.55. The molecule has 2 fully saturated rings. The Labute approximate surface area is 166 Å². The fourth-order valence-electron chi connectivity index (χ4n) is 3.76. The van der Waals surface area contributed by atoms with Crippen molar-refractivity contribution in [2.45, 2.75) is 115 Å². The van der Waals surface area contributed by atoms with Crippen molar-refractivity contribution in [2.24, 2.45) is 5.92 Å². The fourth-order valence-corrected chi connectivity index (χ4v) is 3.76. The summed E-state index contributed by atoms with van der Waals surface area (Å²) in [7, 11) is 0. The largest absolute Gasteiger partial charge is 0.481 e. The number of aliphatic hydroxyl groups is 1. The second-order valence-corrected chi connectivity index (χ2v) is 8.05. The number of carbonyl (C=O) groups excluding carboxylic acids is 1. The maximum absolute atomic E-state index is 14.0. The zero-order valence-corrected chi connectivity index (χ0v) is 17.2. The van der Waals surface area contributed by atoms with Gasteiger partial charge in [0.1, 0.15) is 5.78 Å². The first-order valence-corrected chi connectivity index (χ1v) is 10.7. The number of carboxylic acid groups (broad SMARTS) is 1. The molecule has 28 heavy (non-hydrogen) atoms. The predicted molar refractivity (Wildman–Crippen MR) is 102 cm³/mol. The first kappa shape index (κ1) is 25.0. The van der Waals surface area contributed by atoms with E-state index >= 15 is 0 Å². The van der Waals surface area contributed by atoms with Gasteiger partial charge < -0.3 is 14.9 Å². The number of ketones is 1. The fraction of sp³-hybridized carbons (Fsp3) is 0.905. The molecule has 1 aliphatic heterocycles. The third-order valence-corrected chi connectivity index (χ3v) is 5.55. The van der Waals surface area contributed by atoms with E-state index in [2.05, 4.69) is 6.92 Å². The van der Waals surface area contributed by atoms with E-state index in [0.29, 0.717) is 32.1 Å². The molecule has 0 radical (unpaired) electrons. The number of alkyl halides is 2. The summed E-state index contributed by atoms with van der Waals surface area (Å²) in [6, 6.07) is 0. The summed E-state index contributed by atoms with van der Waals surface area (Å²) in [5, 5.41) is 18.3. The SMILES string of the molecule is CCCCC(F)(F)[C@@]1(O)CC[C@@H]2CC(=O)CC2O1.CCCCCCCC(=O)O. The predicted octanol–water partition coefficient (Wildman–Crippen LogP) is 5.09. The number of carboxylic acids is 1. The molecule has 1 unspecified atom stereocenters. The zero-order valence-electron chi connectivity index (χ0n) is 17.2. The molecule has 5 nitrogen and oxygen atoms in total. The molecule has 1 saturated carbocycles. The van der Waals surface area contributed by atoms with Gasteiger partial charge in [0.15, 0.2) is 0 Å². The van der Waals surface area contributed by atoms with Crippen LogP contribution in [0.4, 0.5) is 8.78 Å². The van der Waals surface area contributed by atoms with Gasteiger partial charge in [0, 0.05) is 32.1 Å². The van der Waals surface area contributed by atoms with Gasteiger partial charge in [-0.2, -0.15) is 0 Å². The standard InChI is InChI=1S/C13H20F2O3.C8H16O2/c1-2-3-5-12(14,15)13(17)6-4-9-7-10(16)8-11(9)18-13;1-2-3-4-5-6-7-8(9)10/h9,11,17H,2-8H2,1H3;2-7H2,1H3,(H,9,10)/t9-,11?,13-;/m1./s1. The normalized spacial score (nSPS) is 27.1. The van der Waals surface area contributed by atoms with Crippen molar-refractivity contribution >= 4 is 11.8 Å². The minimum atomic E-state index is -3.24. The lowest BCUT2D eigenvalue weighted by Crippen LogP contribution is -2.55. The first-order valence-electron chi connectivity index (χ1n) is 10.7. The quantitative estimate of drug-likeness (QED) is 0.494. The lowest BCUT2D eigenvalue weighted by molar-refractivity contribution is -0.355. The molecular formula is C21H36F2O5. The molecule has 0 aromatic rings. The van der Waals surface area contributed by atoms with Gasteiger partial charge in [-0.3, -0.25) is 9.59 Å². The number of halogens is 2. The van der Waals surface area contributed by atoms with Crippen LogP contribution < -0.4 is 0 Å². The summed E-state index contributed by atoms with van der Waals surface area (Å²) in [6.07, 6.45) is 6.91. The lowest BCUT2D eigenvalue weighted by atomic mass is 9.88. The van der Waals surface area contributed by atoms with E-state index in [4.69, 9.17) is 9.84 Å². The van der Waals surface area contributed by atoms with E-state index in [9.17, 15) is 23.5 Å². The maximum Gasteiger partial charge on any atom is 0.303 e. The van der Waals surface area contributed by atoms with Gasteiger partial charge in [0.25, 0.3) is 0 Å². The van der Waals surface area contributed by atoms with Crippen molar-refractivity contribution in [2.75, 3.05) is 0 Å². The number of aliphatic carboxylic acids is 1. The molecule has 0 aromatic heterocycles. The summed E-state index contributed by atoms with van der Waals surface area (Å²) in [5.74, 6) is -6.23. The minimum Gasteiger partial charge on any atom is -0.481 e. The molecular weight excluding hydrogens is 370 g/mol. The number of unbranched alkanes of at least 4 members (excludes halogenated alkanes) is 5. The van der Waals surface area contributed by atoms with Crippen LogP contribution in [0.5, 0.6) is 0 Å². The summed E-state index contributed by atoms with van der Waals surface area (Å²) in [6.45, 7) is 3.98. The molecule has 1 aliphatic carbocycles. The lowest BCUT2D eigenvalue weighted by Gasteiger charge is -2.43. The highest BCUT2D eigenvalue weighted by atomic mass is 19.3. The molecule has 0 spiro atoms. The summed E-state index contributed by atoms with van der Waals surface area (Å²) < 4.78 is 33.2. The van der Waals surface area contributed by atoms with Gasteiger partial charge >= 0.3 is 11.9 Å². The second kappa shape index (κ2) is 11.8. The average molecular weight is 407 g/mol. The van der Waals surface area contributed by atoms with E-state index in [0.717, 1.165) is 12.8 Å². The van der Waals surface area contributed by atoms with Gasteiger partial charge in [0.05, 0.1) is 6.10 Å². The molecule has 0 amide bonds. The molecule has 1 heterocycles. The Bertz CT molecular complexity index is 497. The van der Waals surface area contributed by atoms with Crippen LogP contribution >= 0.6 is 0 Å². The molecule has 2 aliphatic rings. The molecule has 0 aromatic carbocycles. The van der Waals surface area contributed by atoms with Crippen LogP contribution in [0, 0.1) is 5.92 Å². The molecule has 0 bridgehead atoms. The third kappa shape index (κ3) is 7.74. The summed E-state index contributed by atoms with van der Waals surface area (Å²) in [4.78, 5) is 21.3. The Morgan fingerprint density at radius 2 is 1.79 bits per heavy atom. The molecule has 3 atom stereocenters. The molecule has 2 N–H and O–H groups in total. The number of rotatable bonds is 10. The Morgan fingerprint density at radius 1 is 1.14 bits per heavy atom.